The van der Waals surface area contributed by atoms with Crippen LogP contribution in [0.5, 0.6) is 0 Å². The number of nitrogens with zero attached hydrogens (tertiary/aromatic N) is 1. The third-order valence-corrected chi connectivity index (χ3v) is 2.47. The largest absolute Gasteiger partial charge is 0.469 e. The van der Waals surface area contributed by atoms with Crippen LogP contribution < -0.4 is 11.2 Å². The summed E-state index contributed by atoms with van der Waals surface area (Å²) < 4.78 is 5.90. The molecule has 0 atom stereocenters. The number of carbonyl (C=O) groups excluding carboxylic acids is 1. The summed E-state index contributed by atoms with van der Waals surface area (Å²) >= 11 is 0. The smallest absolute Gasteiger partial charge is 0.328 e. The van der Waals surface area contributed by atoms with Crippen molar-refractivity contribution in [1.82, 2.24) is 9.55 Å². The van der Waals surface area contributed by atoms with E-state index in [9.17, 15) is 14.4 Å². The maximum Gasteiger partial charge on any atom is 0.328 e. The van der Waals surface area contributed by atoms with Crippen molar-refractivity contribution in [2.24, 2.45) is 0 Å². The first-order valence-corrected chi connectivity index (χ1v) is 5.48. The van der Waals surface area contributed by atoms with Crippen molar-refractivity contribution in [3.63, 3.8) is 0 Å². The molecule has 17 heavy (non-hydrogen) atoms. The van der Waals surface area contributed by atoms with E-state index in [1.807, 2.05) is 6.92 Å². The second-order valence-corrected chi connectivity index (χ2v) is 3.64. The Balaban J connectivity index is 2.74. The van der Waals surface area contributed by atoms with Crippen LogP contribution in [-0.4, -0.2) is 22.6 Å². The van der Waals surface area contributed by atoms with Crippen LogP contribution in [0, 0.1) is 0 Å². The van der Waals surface area contributed by atoms with E-state index >= 15 is 0 Å². The number of rotatable bonds is 5. The van der Waals surface area contributed by atoms with Gasteiger partial charge in [-0.15, -0.1) is 0 Å². The standard InChI is InChI=1S/C11H16N2O4/c1-3-8-7-13(11(16)12-10(8)15)6-4-5-9(14)17-2/h7H,3-6H2,1-2H3,(H,12,15,16). The molecule has 0 aromatic carbocycles. The molecule has 0 bridgehead atoms. The maximum atomic E-state index is 11.4. The monoisotopic (exact) mass is 240 g/mol. The van der Waals surface area contributed by atoms with E-state index in [4.69, 9.17) is 0 Å². The first kappa shape index (κ1) is 13.2. The van der Waals surface area contributed by atoms with Crippen LogP contribution in [0.4, 0.5) is 0 Å². The minimum Gasteiger partial charge on any atom is -0.469 e. The Labute approximate surface area is 98.2 Å². The summed E-state index contributed by atoms with van der Waals surface area (Å²) in [5.41, 5.74) is -0.235. The molecule has 0 unspecified atom stereocenters. The van der Waals surface area contributed by atoms with E-state index in [1.165, 1.54) is 11.7 Å². The third kappa shape index (κ3) is 3.58. The van der Waals surface area contributed by atoms with Gasteiger partial charge in [-0.25, -0.2) is 4.79 Å². The fourth-order valence-electron chi connectivity index (χ4n) is 1.47. The van der Waals surface area contributed by atoms with Gasteiger partial charge >= 0.3 is 11.7 Å². The van der Waals surface area contributed by atoms with Crippen LogP contribution >= 0.6 is 0 Å². The summed E-state index contributed by atoms with van der Waals surface area (Å²) in [6.07, 6.45) is 2.86. The zero-order chi connectivity index (χ0) is 12.8. The van der Waals surface area contributed by atoms with Crippen LogP contribution in [0.3, 0.4) is 0 Å². The van der Waals surface area contributed by atoms with E-state index < -0.39 is 5.69 Å². The van der Waals surface area contributed by atoms with Crippen LogP contribution in [0.25, 0.3) is 0 Å². The Morgan fingerprint density at radius 1 is 1.47 bits per heavy atom. The number of nitrogens with one attached hydrogen (secondary N) is 1. The molecule has 1 aromatic heterocycles. The molecule has 0 aliphatic heterocycles. The lowest BCUT2D eigenvalue weighted by Crippen LogP contribution is -2.31. The van der Waals surface area contributed by atoms with Gasteiger partial charge in [-0.3, -0.25) is 14.6 Å². The lowest BCUT2D eigenvalue weighted by Gasteiger charge is -2.05. The fourth-order valence-corrected chi connectivity index (χ4v) is 1.47. The van der Waals surface area contributed by atoms with E-state index in [1.54, 1.807) is 6.20 Å². The highest BCUT2D eigenvalue weighted by Gasteiger charge is 2.04. The first-order valence-electron chi connectivity index (χ1n) is 5.48. The summed E-state index contributed by atoms with van der Waals surface area (Å²) in [6.45, 7) is 2.23. The van der Waals surface area contributed by atoms with Gasteiger partial charge in [-0.05, 0) is 12.8 Å². The van der Waals surface area contributed by atoms with Gasteiger partial charge in [-0.2, -0.15) is 0 Å². The molecule has 1 N–H and O–H groups in total. The minimum atomic E-state index is -0.447. The summed E-state index contributed by atoms with van der Waals surface area (Å²) in [5.74, 6) is -0.307. The van der Waals surface area contributed by atoms with Crippen molar-refractivity contribution < 1.29 is 9.53 Å². The van der Waals surface area contributed by atoms with Crippen molar-refractivity contribution >= 4 is 5.97 Å². The normalized spacial score (nSPS) is 10.2. The Bertz CT molecular complexity index is 501. The van der Waals surface area contributed by atoms with Gasteiger partial charge in [0.25, 0.3) is 5.56 Å². The van der Waals surface area contributed by atoms with Crippen LogP contribution in [-0.2, 0) is 22.5 Å². The number of methoxy groups -OCH3 is 1. The van der Waals surface area contributed by atoms with Crippen LogP contribution in [0.2, 0.25) is 0 Å². The van der Waals surface area contributed by atoms with Crippen molar-refractivity contribution in [1.29, 1.82) is 0 Å². The van der Waals surface area contributed by atoms with Gasteiger partial charge in [0.15, 0.2) is 0 Å². The topological polar surface area (TPSA) is 81.2 Å². The van der Waals surface area contributed by atoms with Crippen LogP contribution in [0.1, 0.15) is 25.3 Å². The molecule has 0 aliphatic rings. The molecular weight excluding hydrogens is 224 g/mol. The zero-order valence-corrected chi connectivity index (χ0v) is 9.99. The van der Waals surface area contributed by atoms with E-state index in [0.29, 0.717) is 24.9 Å². The molecule has 0 radical (unpaired) electrons. The molecule has 0 amide bonds. The predicted octanol–water partition coefficient (Wildman–Crippen LogP) is 0.0522. The SMILES string of the molecule is CCc1cn(CCCC(=O)OC)c(=O)[nH]c1=O. The highest BCUT2D eigenvalue weighted by Crippen LogP contribution is 1.96. The lowest BCUT2D eigenvalue weighted by molar-refractivity contribution is -0.140. The molecule has 94 valence electrons. The number of hydrogen-bond donors (Lipinski definition) is 1. The van der Waals surface area contributed by atoms with Gasteiger partial charge in [0.05, 0.1) is 7.11 Å². The van der Waals surface area contributed by atoms with Crippen molar-refractivity contribution in [3.05, 3.63) is 32.6 Å². The Morgan fingerprint density at radius 3 is 2.76 bits per heavy atom. The number of ether oxygens (including phenoxy) is 1. The minimum absolute atomic E-state index is 0.253. The molecule has 6 heteroatoms. The fraction of sp³-hybridized carbons (Fsp3) is 0.545. The quantitative estimate of drug-likeness (QED) is 0.737. The van der Waals surface area contributed by atoms with E-state index in [0.717, 1.165) is 0 Å². The maximum absolute atomic E-state index is 11.4. The number of aromatic nitrogens is 2. The predicted molar refractivity (Wildman–Crippen MR) is 62.0 cm³/mol. The molecule has 1 aromatic rings. The van der Waals surface area contributed by atoms with Gasteiger partial charge in [-0.1, -0.05) is 6.92 Å². The Morgan fingerprint density at radius 2 is 2.18 bits per heavy atom. The van der Waals surface area contributed by atoms with E-state index in [2.05, 4.69) is 9.72 Å². The second kappa shape index (κ2) is 6.03. The molecule has 0 aliphatic carbocycles. The van der Waals surface area contributed by atoms with Gasteiger partial charge in [0, 0.05) is 24.7 Å². The van der Waals surface area contributed by atoms with Crippen molar-refractivity contribution in [2.75, 3.05) is 7.11 Å². The molecule has 0 fully saturated rings. The first-order chi connectivity index (χ1) is 8.08. The highest BCUT2D eigenvalue weighted by atomic mass is 16.5. The average Bonchev–Trinajstić information content (AvgIpc) is 2.31. The molecule has 0 saturated heterocycles. The molecule has 6 nitrogen and oxygen atoms in total. The Kier molecular flexibility index (Phi) is 4.68. The Hall–Kier alpha value is -1.85. The highest BCUT2D eigenvalue weighted by molar-refractivity contribution is 5.68. The second-order valence-electron chi connectivity index (χ2n) is 3.64. The zero-order valence-electron chi connectivity index (χ0n) is 9.99. The number of carbonyl (C=O) groups is 1. The lowest BCUT2D eigenvalue weighted by atomic mass is 10.2. The van der Waals surface area contributed by atoms with Gasteiger partial charge < -0.3 is 9.30 Å². The average molecular weight is 240 g/mol. The molecule has 1 rings (SSSR count). The summed E-state index contributed by atoms with van der Waals surface area (Å²) in [6, 6.07) is 0. The molecule has 0 spiro atoms. The number of aromatic amines is 1. The molecule has 0 saturated carbocycles. The van der Waals surface area contributed by atoms with Crippen LogP contribution in [0.15, 0.2) is 15.8 Å². The molecule has 1 heterocycles. The number of aryl methyl sites for hydroxylation is 2. The van der Waals surface area contributed by atoms with Gasteiger partial charge in [0.2, 0.25) is 0 Å². The third-order valence-electron chi connectivity index (χ3n) is 2.47. The number of hydrogen-bond acceptors (Lipinski definition) is 4. The van der Waals surface area contributed by atoms with Gasteiger partial charge in [0.1, 0.15) is 0 Å². The van der Waals surface area contributed by atoms with E-state index in [-0.39, 0.29) is 17.9 Å². The summed E-state index contributed by atoms with van der Waals surface area (Å²) in [5, 5.41) is 0. The molecular formula is C11H16N2O4. The van der Waals surface area contributed by atoms with Crippen molar-refractivity contribution in [3.8, 4) is 0 Å². The number of esters is 1. The number of H-pyrrole nitrogens is 1. The van der Waals surface area contributed by atoms with Crippen molar-refractivity contribution in [2.45, 2.75) is 32.7 Å². The summed E-state index contributed by atoms with van der Waals surface area (Å²) in [7, 11) is 1.32. The summed E-state index contributed by atoms with van der Waals surface area (Å²) in [4.78, 5) is 35.9.